The number of imidazole rings is 1. The van der Waals surface area contributed by atoms with Gasteiger partial charge in [-0.3, -0.25) is 9.69 Å². The number of aromatic nitrogens is 2. The zero-order valence-electron chi connectivity index (χ0n) is 12.9. The lowest BCUT2D eigenvalue weighted by molar-refractivity contribution is 0.0633. The van der Waals surface area contributed by atoms with E-state index in [1.165, 1.54) is 0 Å². The van der Waals surface area contributed by atoms with Crippen LogP contribution in [0.15, 0.2) is 29.2 Å². The van der Waals surface area contributed by atoms with Crippen LogP contribution in [0.3, 0.4) is 0 Å². The molecule has 3 rings (SSSR count). The molecule has 0 unspecified atom stereocenters. The molecular weight excluding hydrogens is 296 g/mol. The molecule has 0 aromatic carbocycles. The molecule has 1 aliphatic rings. The fourth-order valence-corrected chi connectivity index (χ4v) is 3.48. The molecule has 3 heterocycles. The first-order chi connectivity index (χ1) is 10.8. The zero-order valence-corrected chi connectivity index (χ0v) is 13.8. The van der Waals surface area contributed by atoms with Crippen LogP contribution in [0.5, 0.6) is 0 Å². The number of carbonyl (C=O) groups is 1. The summed E-state index contributed by atoms with van der Waals surface area (Å²) in [6.07, 6.45) is 4.89. The third kappa shape index (κ3) is 3.39. The Kier molecular flexibility index (Phi) is 4.90. The molecule has 118 valence electrons. The Labute approximate surface area is 135 Å². The largest absolute Gasteiger partial charge is 0.336 e. The number of nitrogens with zero attached hydrogens (tertiary/aromatic N) is 4. The SMILES string of the molecule is CCc1nccn1CCN1CCN(C(=O)c2ccsc2)CC1. The van der Waals surface area contributed by atoms with Gasteiger partial charge in [0.15, 0.2) is 0 Å². The Bertz CT molecular complexity index is 599. The van der Waals surface area contributed by atoms with Gasteiger partial charge in [-0.05, 0) is 11.4 Å². The van der Waals surface area contributed by atoms with Crippen molar-refractivity contribution in [1.29, 1.82) is 0 Å². The van der Waals surface area contributed by atoms with E-state index < -0.39 is 0 Å². The summed E-state index contributed by atoms with van der Waals surface area (Å²) in [7, 11) is 0. The third-order valence-electron chi connectivity index (χ3n) is 4.20. The zero-order chi connectivity index (χ0) is 15.4. The maximum absolute atomic E-state index is 12.3. The van der Waals surface area contributed by atoms with Crippen molar-refractivity contribution in [2.45, 2.75) is 19.9 Å². The molecule has 2 aromatic heterocycles. The molecule has 5 nitrogen and oxygen atoms in total. The normalized spacial score (nSPS) is 16.1. The van der Waals surface area contributed by atoms with Gasteiger partial charge in [0.1, 0.15) is 5.82 Å². The Morgan fingerprint density at radius 3 is 2.77 bits per heavy atom. The molecule has 0 N–H and O–H groups in total. The van der Waals surface area contributed by atoms with Crippen molar-refractivity contribution in [2.75, 3.05) is 32.7 Å². The summed E-state index contributed by atoms with van der Waals surface area (Å²) < 4.78 is 2.23. The predicted molar refractivity (Wildman–Crippen MR) is 88.3 cm³/mol. The molecule has 1 aliphatic heterocycles. The van der Waals surface area contributed by atoms with Crippen molar-refractivity contribution in [2.24, 2.45) is 0 Å². The summed E-state index contributed by atoms with van der Waals surface area (Å²) >= 11 is 1.58. The summed E-state index contributed by atoms with van der Waals surface area (Å²) in [5.74, 6) is 1.31. The molecule has 0 bridgehead atoms. The highest BCUT2D eigenvalue weighted by Crippen LogP contribution is 2.12. The van der Waals surface area contributed by atoms with Gasteiger partial charge in [0.05, 0.1) is 5.56 Å². The third-order valence-corrected chi connectivity index (χ3v) is 4.89. The van der Waals surface area contributed by atoms with E-state index in [4.69, 9.17) is 0 Å². The van der Waals surface area contributed by atoms with E-state index in [0.717, 1.165) is 57.1 Å². The second-order valence-corrected chi connectivity index (χ2v) is 6.32. The van der Waals surface area contributed by atoms with Crippen molar-refractivity contribution in [3.63, 3.8) is 0 Å². The Balaban J connectivity index is 1.47. The highest BCUT2D eigenvalue weighted by Gasteiger charge is 2.22. The van der Waals surface area contributed by atoms with E-state index in [0.29, 0.717) is 0 Å². The van der Waals surface area contributed by atoms with E-state index in [-0.39, 0.29) is 5.91 Å². The van der Waals surface area contributed by atoms with Crippen molar-refractivity contribution in [3.05, 3.63) is 40.6 Å². The summed E-state index contributed by atoms with van der Waals surface area (Å²) in [4.78, 5) is 21.0. The molecule has 6 heteroatoms. The summed E-state index contributed by atoms with van der Waals surface area (Å²) in [5, 5.41) is 3.89. The first-order valence-electron chi connectivity index (χ1n) is 7.81. The van der Waals surface area contributed by atoms with Gasteiger partial charge in [-0.2, -0.15) is 11.3 Å². The average Bonchev–Trinajstić information content (AvgIpc) is 3.24. The topological polar surface area (TPSA) is 41.4 Å². The molecule has 0 radical (unpaired) electrons. The number of aryl methyl sites for hydroxylation is 1. The van der Waals surface area contributed by atoms with Crippen LogP contribution in [0, 0.1) is 0 Å². The number of rotatable bonds is 5. The van der Waals surface area contributed by atoms with Gasteiger partial charge in [0.2, 0.25) is 0 Å². The van der Waals surface area contributed by atoms with E-state index in [1.54, 1.807) is 11.3 Å². The number of amides is 1. The first kappa shape index (κ1) is 15.2. The maximum Gasteiger partial charge on any atom is 0.254 e. The predicted octanol–water partition coefficient (Wildman–Crippen LogP) is 1.96. The molecule has 0 saturated carbocycles. The molecular formula is C16H22N4OS. The number of carbonyl (C=O) groups excluding carboxylic acids is 1. The fourth-order valence-electron chi connectivity index (χ4n) is 2.85. The average molecular weight is 318 g/mol. The molecule has 1 saturated heterocycles. The minimum atomic E-state index is 0.170. The van der Waals surface area contributed by atoms with Crippen molar-refractivity contribution >= 4 is 17.2 Å². The lowest BCUT2D eigenvalue weighted by atomic mass is 10.2. The van der Waals surface area contributed by atoms with Gasteiger partial charge in [-0.15, -0.1) is 0 Å². The quantitative estimate of drug-likeness (QED) is 0.846. The lowest BCUT2D eigenvalue weighted by Crippen LogP contribution is -2.49. The molecule has 1 fully saturated rings. The summed E-state index contributed by atoms with van der Waals surface area (Å²) in [6, 6.07) is 1.91. The van der Waals surface area contributed by atoms with Gasteiger partial charge in [-0.25, -0.2) is 4.98 Å². The molecule has 2 aromatic rings. The Hall–Kier alpha value is -1.66. The van der Waals surface area contributed by atoms with Gasteiger partial charge in [0, 0.05) is 63.5 Å². The number of hydrogen-bond donors (Lipinski definition) is 0. The molecule has 0 aliphatic carbocycles. The van der Waals surface area contributed by atoms with Crippen LogP contribution < -0.4 is 0 Å². The second-order valence-electron chi connectivity index (χ2n) is 5.54. The molecule has 1 amide bonds. The van der Waals surface area contributed by atoms with E-state index in [2.05, 4.69) is 27.6 Å². The smallest absolute Gasteiger partial charge is 0.254 e. The number of hydrogen-bond acceptors (Lipinski definition) is 4. The second kappa shape index (κ2) is 7.07. The number of piperazine rings is 1. The minimum Gasteiger partial charge on any atom is -0.336 e. The van der Waals surface area contributed by atoms with Crippen molar-refractivity contribution < 1.29 is 4.79 Å². The van der Waals surface area contributed by atoms with Gasteiger partial charge >= 0.3 is 0 Å². The molecule has 0 atom stereocenters. The van der Waals surface area contributed by atoms with Crippen LogP contribution in [0.4, 0.5) is 0 Å². The van der Waals surface area contributed by atoms with Gasteiger partial charge in [-0.1, -0.05) is 6.92 Å². The van der Waals surface area contributed by atoms with Crippen LogP contribution in [0.2, 0.25) is 0 Å². The fraction of sp³-hybridized carbons (Fsp3) is 0.500. The van der Waals surface area contributed by atoms with Crippen LogP contribution in [0.1, 0.15) is 23.1 Å². The van der Waals surface area contributed by atoms with E-state index >= 15 is 0 Å². The van der Waals surface area contributed by atoms with Crippen LogP contribution in [-0.2, 0) is 13.0 Å². The highest BCUT2D eigenvalue weighted by molar-refractivity contribution is 7.08. The van der Waals surface area contributed by atoms with Crippen molar-refractivity contribution in [3.8, 4) is 0 Å². The van der Waals surface area contributed by atoms with E-state index in [9.17, 15) is 4.79 Å². The molecule has 0 spiro atoms. The monoisotopic (exact) mass is 318 g/mol. The summed E-state index contributed by atoms with van der Waals surface area (Å²) in [5.41, 5.74) is 0.824. The number of thiophene rings is 1. The molecule has 22 heavy (non-hydrogen) atoms. The standard InChI is InChI=1S/C16H22N4OS/c1-2-15-17-4-5-19(15)9-6-18-7-10-20(11-8-18)16(21)14-3-12-22-13-14/h3-5,12-13H,2,6-11H2,1H3. The Morgan fingerprint density at radius 2 is 2.09 bits per heavy atom. The first-order valence-corrected chi connectivity index (χ1v) is 8.76. The van der Waals surface area contributed by atoms with Crippen LogP contribution in [-0.4, -0.2) is 58.0 Å². The van der Waals surface area contributed by atoms with E-state index in [1.807, 2.05) is 27.9 Å². The Morgan fingerprint density at radius 1 is 1.27 bits per heavy atom. The van der Waals surface area contributed by atoms with Gasteiger partial charge in [0.25, 0.3) is 5.91 Å². The minimum absolute atomic E-state index is 0.170. The maximum atomic E-state index is 12.3. The van der Waals surface area contributed by atoms with Crippen LogP contribution >= 0.6 is 11.3 Å². The summed E-state index contributed by atoms with van der Waals surface area (Å²) in [6.45, 7) is 7.66. The van der Waals surface area contributed by atoms with Crippen LogP contribution in [0.25, 0.3) is 0 Å². The lowest BCUT2D eigenvalue weighted by Gasteiger charge is -2.34. The highest BCUT2D eigenvalue weighted by atomic mass is 32.1. The van der Waals surface area contributed by atoms with Gasteiger partial charge < -0.3 is 9.47 Å². The van der Waals surface area contributed by atoms with Crippen molar-refractivity contribution in [1.82, 2.24) is 19.4 Å².